The maximum Gasteiger partial charge on any atom is 0.134 e. The lowest BCUT2D eigenvalue weighted by molar-refractivity contribution is 0.183. The summed E-state index contributed by atoms with van der Waals surface area (Å²) in [5.41, 5.74) is 1.37. The molecular weight excluding hydrogens is 294 g/mol. The fraction of sp³-hybridized carbons (Fsp3) is 0.462. The predicted molar refractivity (Wildman–Crippen MR) is 73.4 cm³/mol. The summed E-state index contributed by atoms with van der Waals surface area (Å²) in [6, 6.07) is 5.64. The molecule has 0 aliphatic carbocycles. The molecule has 18 heavy (non-hydrogen) atoms. The van der Waals surface area contributed by atoms with E-state index in [9.17, 15) is 5.11 Å². The third kappa shape index (κ3) is 2.66. The molecule has 0 aromatic heterocycles. The van der Waals surface area contributed by atoms with Gasteiger partial charge in [0.25, 0.3) is 0 Å². The molecule has 0 radical (unpaired) electrons. The number of rotatable bonds is 2. The van der Waals surface area contributed by atoms with Gasteiger partial charge in [-0.05, 0) is 35.0 Å². The Morgan fingerprint density at radius 1 is 1.44 bits per heavy atom. The van der Waals surface area contributed by atoms with E-state index in [1.54, 1.807) is 12.1 Å². The van der Waals surface area contributed by atoms with Gasteiger partial charge in [0.2, 0.25) is 0 Å². The molecule has 96 valence electrons. The van der Waals surface area contributed by atoms with Crippen molar-refractivity contribution in [3.63, 3.8) is 0 Å². The third-order valence-corrected chi connectivity index (χ3v) is 3.98. The smallest absolute Gasteiger partial charge is 0.134 e. The molecule has 0 unspecified atom stereocenters. The first-order valence-corrected chi connectivity index (χ1v) is 6.80. The number of phenolic OH excluding ortho intramolecular Hbond substituents is 1. The highest BCUT2D eigenvalue weighted by Gasteiger charge is 2.22. The molecule has 0 saturated carbocycles. The molecule has 0 spiro atoms. The maximum atomic E-state index is 10.1. The van der Waals surface area contributed by atoms with Crippen molar-refractivity contribution in [3.8, 4) is 11.8 Å². The van der Waals surface area contributed by atoms with Crippen molar-refractivity contribution in [1.29, 1.82) is 5.26 Å². The molecule has 2 rings (SSSR count). The van der Waals surface area contributed by atoms with Crippen molar-refractivity contribution in [2.45, 2.75) is 13.0 Å². The van der Waals surface area contributed by atoms with E-state index in [0.717, 1.165) is 31.7 Å². The molecule has 1 aliphatic rings. The van der Waals surface area contributed by atoms with Crippen LogP contribution >= 0.6 is 15.9 Å². The van der Waals surface area contributed by atoms with Gasteiger partial charge in [-0.25, -0.2) is 0 Å². The van der Waals surface area contributed by atoms with Crippen molar-refractivity contribution in [2.75, 3.05) is 26.2 Å². The van der Waals surface area contributed by atoms with E-state index >= 15 is 0 Å². The quantitative estimate of drug-likeness (QED) is 0.877. The van der Waals surface area contributed by atoms with Crippen molar-refractivity contribution in [2.24, 2.45) is 0 Å². The topological polar surface area (TPSA) is 59.3 Å². The summed E-state index contributed by atoms with van der Waals surface area (Å²) in [4.78, 5) is 2.30. The van der Waals surface area contributed by atoms with E-state index in [1.165, 1.54) is 0 Å². The van der Waals surface area contributed by atoms with Gasteiger partial charge >= 0.3 is 0 Å². The molecule has 1 aromatic carbocycles. The second-order valence-electron chi connectivity index (χ2n) is 4.47. The van der Waals surface area contributed by atoms with E-state index in [-0.39, 0.29) is 11.8 Å². The van der Waals surface area contributed by atoms with E-state index in [0.29, 0.717) is 10.0 Å². The minimum Gasteiger partial charge on any atom is -0.506 e. The largest absolute Gasteiger partial charge is 0.506 e. The number of benzene rings is 1. The Balaban J connectivity index is 2.31. The minimum absolute atomic E-state index is 0.108. The zero-order valence-corrected chi connectivity index (χ0v) is 11.9. The third-order valence-electron chi connectivity index (χ3n) is 3.37. The molecule has 1 atom stereocenters. The van der Waals surface area contributed by atoms with Gasteiger partial charge in [0.15, 0.2) is 0 Å². The Morgan fingerprint density at radius 3 is 2.72 bits per heavy atom. The Labute approximate surface area is 115 Å². The van der Waals surface area contributed by atoms with Gasteiger partial charge in [0, 0.05) is 37.8 Å². The Morgan fingerprint density at radius 2 is 2.11 bits per heavy atom. The van der Waals surface area contributed by atoms with Crippen LogP contribution in [0.3, 0.4) is 0 Å². The molecule has 2 N–H and O–H groups in total. The van der Waals surface area contributed by atoms with Crippen LogP contribution in [0.4, 0.5) is 0 Å². The summed E-state index contributed by atoms with van der Waals surface area (Å²) >= 11 is 3.30. The number of piperazine rings is 1. The lowest BCUT2D eigenvalue weighted by Gasteiger charge is -2.33. The van der Waals surface area contributed by atoms with Crippen LogP contribution in [0, 0.1) is 11.3 Å². The molecule has 4 nitrogen and oxygen atoms in total. The van der Waals surface area contributed by atoms with Gasteiger partial charge in [0.1, 0.15) is 5.75 Å². The first kappa shape index (κ1) is 13.3. The van der Waals surface area contributed by atoms with E-state index in [2.05, 4.69) is 39.1 Å². The van der Waals surface area contributed by atoms with Crippen LogP contribution in [0.1, 0.15) is 24.1 Å². The molecule has 1 heterocycles. The lowest BCUT2D eigenvalue weighted by atomic mass is 10.0. The molecule has 0 bridgehead atoms. The number of nitrogens with one attached hydrogen (secondary N) is 1. The number of halogens is 1. The van der Waals surface area contributed by atoms with Gasteiger partial charge in [-0.15, -0.1) is 0 Å². The van der Waals surface area contributed by atoms with Crippen molar-refractivity contribution in [1.82, 2.24) is 10.2 Å². The number of nitriles is 1. The SMILES string of the molecule is C[C@H](c1cc(C#N)cc(Br)c1O)N1CCNCC1. The molecule has 1 fully saturated rings. The second-order valence-corrected chi connectivity index (χ2v) is 5.32. The average molecular weight is 310 g/mol. The first-order valence-electron chi connectivity index (χ1n) is 6.00. The molecule has 1 saturated heterocycles. The normalized spacial score (nSPS) is 18.3. The van der Waals surface area contributed by atoms with Crippen LogP contribution in [0.5, 0.6) is 5.75 Å². The highest BCUT2D eigenvalue weighted by atomic mass is 79.9. The summed E-state index contributed by atoms with van der Waals surface area (Å²) in [5.74, 6) is 0.236. The summed E-state index contributed by atoms with van der Waals surface area (Å²) in [6.07, 6.45) is 0. The van der Waals surface area contributed by atoms with Crippen molar-refractivity contribution < 1.29 is 5.11 Å². The van der Waals surface area contributed by atoms with Crippen LogP contribution in [0.15, 0.2) is 16.6 Å². The van der Waals surface area contributed by atoms with Crippen LogP contribution in [-0.4, -0.2) is 36.2 Å². The fourth-order valence-electron chi connectivity index (χ4n) is 2.27. The summed E-state index contributed by atoms with van der Waals surface area (Å²) in [6.45, 7) is 5.90. The number of hydrogen-bond acceptors (Lipinski definition) is 4. The van der Waals surface area contributed by atoms with Crippen LogP contribution < -0.4 is 5.32 Å². The van der Waals surface area contributed by atoms with E-state index in [1.807, 2.05) is 0 Å². The van der Waals surface area contributed by atoms with Gasteiger partial charge in [0.05, 0.1) is 16.1 Å². The zero-order valence-electron chi connectivity index (χ0n) is 10.3. The van der Waals surface area contributed by atoms with Gasteiger partial charge in [-0.1, -0.05) is 0 Å². The monoisotopic (exact) mass is 309 g/mol. The lowest BCUT2D eigenvalue weighted by Crippen LogP contribution is -2.44. The van der Waals surface area contributed by atoms with Crippen LogP contribution in [-0.2, 0) is 0 Å². The van der Waals surface area contributed by atoms with Gasteiger partial charge in [-0.3, -0.25) is 4.90 Å². The highest BCUT2D eigenvalue weighted by molar-refractivity contribution is 9.10. The summed E-state index contributed by atoms with van der Waals surface area (Å²) < 4.78 is 0.582. The van der Waals surface area contributed by atoms with Gasteiger partial charge < -0.3 is 10.4 Å². The Bertz CT molecular complexity index is 478. The Kier molecular flexibility index (Phi) is 4.23. The number of hydrogen-bond donors (Lipinski definition) is 2. The van der Waals surface area contributed by atoms with Gasteiger partial charge in [-0.2, -0.15) is 5.26 Å². The summed E-state index contributed by atoms with van der Waals surface area (Å²) in [7, 11) is 0. The predicted octanol–water partition coefficient (Wildman–Crippen LogP) is 1.99. The van der Waals surface area contributed by atoms with E-state index in [4.69, 9.17) is 5.26 Å². The molecule has 1 aliphatic heterocycles. The Hall–Kier alpha value is -1.09. The molecule has 1 aromatic rings. The molecule has 0 amide bonds. The first-order chi connectivity index (χ1) is 8.63. The van der Waals surface area contributed by atoms with Crippen molar-refractivity contribution >= 4 is 15.9 Å². The number of phenols is 1. The number of aromatic hydroxyl groups is 1. The minimum atomic E-state index is 0.108. The highest BCUT2D eigenvalue weighted by Crippen LogP contribution is 2.35. The molecule has 5 heteroatoms. The molecular formula is C13H16BrN3O. The zero-order chi connectivity index (χ0) is 13.1. The van der Waals surface area contributed by atoms with Crippen LogP contribution in [0.25, 0.3) is 0 Å². The number of nitrogens with zero attached hydrogens (tertiary/aromatic N) is 2. The maximum absolute atomic E-state index is 10.1. The standard InChI is InChI=1S/C13H16BrN3O/c1-9(17-4-2-16-3-5-17)11-6-10(8-15)7-12(14)13(11)18/h6-7,9,16,18H,2-5H2,1H3/t9-/m1/s1. The van der Waals surface area contributed by atoms with E-state index < -0.39 is 0 Å². The average Bonchev–Trinajstić information content (AvgIpc) is 2.42. The van der Waals surface area contributed by atoms with Crippen LogP contribution in [0.2, 0.25) is 0 Å². The second kappa shape index (κ2) is 5.70. The fourth-order valence-corrected chi connectivity index (χ4v) is 2.75. The van der Waals surface area contributed by atoms with Crippen molar-refractivity contribution in [3.05, 3.63) is 27.7 Å². The summed E-state index contributed by atoms with van der Waals surface area (Å²) in [5, 5.41) is 22.4.